The van der Waals surface area contributed by atoms with Crippen LogP contribution in [0.15, 0.2) is 42.5 Å². The van der Waals surface area contributed by atoms with Crippen LogP contribution in [0.1, 0.15) is 16.9 Å². The molecule has 20 heavy (non-hydrogen) atoms. The number of nitrogens with two attached hydrogens (primary N) is 1. The van der Waals surface area contributed by atoms with Gasteiger partial charge >= 0.3 is 0 Å². The van der Waals surface area contributed by atoms with Crippen LogP contribution in [0.5, 0.6) is 0 Å². The molecule has 0 radical (unpaired) electrons. The highest BCUT2D eigenvalue weighted by Crippen LogP contribution is 2.19. The number of hydrogen-bond acceptors (Lipinski definition) is 2. The summed E-state index contributed by atoms with van der Waals surface area (Å²) in [5.74, 6) is 0.0372. The Morgan fingerprint density at radius 2 is 1.95 bits per heavy atom. The standard InChI is InChI=1S/C15H17N3O.ClH/c16-12-8-9-18(10-12)15(19)14-7-6-13(17-14)11-4-2-1-3-5-11;/h1-7,12,17H,8-10,16H2;1H/t12-;/m1./s1. The molecule has 2 heterocycles. The van der Waals surface area contributed by atoms with Gasteiger partial charge in [0.15, 0.2) is 0 Å². The molecule has 1 aromatic heterocycles. The van der Waals surface area contributed by atoms with E-state index in [1.807, 2.05) is 47.4 Å². The quantitative estimate of drug-likeness (QED) is 0.892. The topological polar surface area (TPSA) is 62.1 Å². The van der Waals surface area contributed by atoms with Crippen LogP contribution in [-0.4, -0.2) is 34.9 Å². The van der Waals surface area contributed by atoms with Crippen LogP contribution in [0.3, 0.4) is 0 Å². The molecule has 1 fully saturated rings. The summed E-state index contributed by atoms with van der Waals surface area (Å²) in [5, 5.41) is 0. The van der Waals surface area contributed by atoms with Crippen molar-refractivity contribution in [1.29, 1.82) is 0 Å². The van der Waals surface area contributed by atoms with Gasteiger partial charge in [0.2, 0.25) is 0 Å². The van der Waals surface area contributed by atoms with E-state index in [2.05, 4.69) is 4.98 Å². The minimum Gasteiger partial charge on any atom is -0.351 e. The predicted octanol–water partition coefficient (Wildman–Crippen LogP) is 2.28. The molecule has 1 aliphatic rings. The summed E-state index contributed by atoms with van der Waals surface area (Å²) in [4.78, 5) is 17.3. The van der Waals surface area contributed by atoms with Crippen molar-refractivity contribution in [3.05, 3.63) is 48.2 Å². The maximum absolute atomic E-state index is 12.3. The molecular weight excluding hydrogens is 274 g/mol. The van der Waals surface area contributed by atoms with Crippen LogP contribution < -0.4 is 5.73 Å². The van der Waals surface area contributed by atoms with Crippen molar-refractivity contribution in [2.75, 3.05) is 13.1 Å². The fourth-order valence-corrected chi connectivity index (χ4v) is 2.45. The number of carbonyl (C=O) groups is 1. The lowest BCUT2D eigenvalue weighted by molar-refractivity contribution is 0.0786. The van der Waals surface area contributed by atoms with E-state index in [1.165, 1.54) is 0 Å². The Morgan fingerprint density at radius 3 is 2.60 bits per heavy atom. The molecule has 1 atom stereocenters. The van der Waals surface area contributed by atoms with E-state index < -0.39 is 0 Å². The molecule has 3 N–H and O–H groups in total. The number of amides is 1. The fourth-order valence-electron chi connectivity index (χ4n) is 2.45. The number of carbonyl (C=O) groups excluding carboxylic acids is 1. The summed E-state index contributed by atoms with van der Waals surface area (Å²) in [7, 11) is 0. The second-order valence-electron chi connectivity index (χ2n) is 4.95. The highest BCUT2D eigenvalue weighted by molar-refractivity contribution is 5.93. The first-order chi connectivity index (χ1) is 9.24. The van der Waals surface area contributed by atoms with Gasteiger partial charge in [-0.2, -0.15) is 0 Å². The molecule has 1 aliphatic heterocycles. The number of nitrogens with zero attached hydrogens (tertiary/aromatic N) is 1. The lowest BCUT2D eigenvalue weighted by Gasteiger charge is -2.14. The molecule has 5 heteroatoms. The van der Waals surface area contributed by atoms with Crippen LogP contribution in [0.25, 0.3) is 11.3 Å². The number of H-pyrrole nitrogens is 1. The third-order valence-corrected chi connectivity index (χ3v) is 3.51. The number of aromatic nitrogens is 1. The maximum atomic E-state index is 12.3. The van der Waals surface area contributed by atoms with Gasteiger partial charge in [0, 0.05) is 24.8 Å². The summed E-state index contributed by atoms with van der Waals surface area (Å²) in [6.45, 7) is 1.40. The number of aromatic amines is 1. The van der Waals surface area contributed by atoms with Crippen molar-refractivity contribution < 1.29 is 4.79 Å². The van der Waals surface area contributed by atoms with Gasteiger partial charge in [-0.25, -0.2) is 0 Å². The van der Waals surface area contributed by atoms with Crippen molar-refractivity contribution in [3.8, 4) is 11.3 Å². The zero-order valence-electron chi connectivity index (χ0n) is 11.1. The van der Waals surface area contributed by atoms with Crippen molar-refractivity contribution in [2.45, 2.75) is 12.5 Å². The molecule has 0 unspecified atom stereocenters. The summed E-state index contributed by atoms with van der Waals surface area (Å²) < 4.78 is 0. The molecule has 3 rings (SSSR count). The van der Waals surface area contributed by atoms with Gasteiger partial charge in [0.05, 0.1) is 0 Å². The van der Waals surface area contributed by atoms with Crippen LogP contribution in [0.4, 0.5) is 0 Å². The van der Waals surface area contributed by atoms with Gasteiger partial charge in [-0.05, 0) is 24.1 Å². The summed E-state index contributed by atoms with van der Waals surface area (Å²) >= 11 is 0. The number of halogens is 1. The third-order valence-electron chi connectivity index (χ3n) is 3.51. The second-order valence-corrected chi connectivity index (χ2v) is 4.95. The van der Waals surface area contributed by atoms with Crippen molar-refractivity contribution in [1.82, 2.24) is 9.88 Å². The SMILES string of the molecule is Cl.N[C@@H]1CCN(C(=O)c2ccc(-c3ccccc3)[nH]2)C1. The Bertz CT molecular complexity index is 582. The van der Waals surface area contributed by atoms with Crippen LogP contribution in [-0.2, 0) is 0 Å². The fraction of sp³-hybridized carbons (Fsp3) is 0.267. The minimum absolute atomic E-state index is 0. The predicted molar refractivity (Wildman–Crippen MR) is 82.0 cm³/mol. The normalized spacial score (nSPS) is 17.9. The lowest BCUT2D eigenvalue weighted by atomic mass is 10.2. The van der Waals surface area contributed by atoms with E-state index in [0.717, 1.165) is 24.2 Å². The van der Waals surface area contributed by atoms with Crippen molar-refractivity contribution in [2.24, 2.45) is 5.73 Å². The molecule has 0 aliphatic carbocycles. The first kappa shape index (κ1) is 14.6. The summed E-state index contributed by atoms with van der Waals surface area (Å²) in [5.41, 5.74) is 8.51. The van der Waals surface area contributed by atoms with Gasteiger partial charge in [-0.15, -0.1) is 12.4 Å². The largest absolute Gasteiger partial charge is 0.351 e. The van der Waals surface area contributed by atoms with Gasteiger partial charge in [-0.1, -0.05) is 30.3 Å². The van der Waals surface area contributed by atoms with Crippen molar-refractivity contribution in [3.63, 3.8) is 0 Å². The van der Waals surface area contributed by atoms with Gasteiger partial charge < -0.3 is 15.6 Å². The Morgan fingerprint density at radius 1 is 1.20 bits per heavy atom. The summed E-state index contributed by atoms with van der Waals surface area (Å²) in [6, 6.07) is 13.9. The molecule has 0 bridgehead atoms. The maximum Gasteiger partial charge on any atom is 0.270 e. The van der Waals surface area contributed by atoms with Crippen LogP contribution in [0, 0.1) is 0 Å². The van der Waals surface area contributed by atoms with E-state index in [1.54, 1.807) is 0 Å². The van der Waals surface area contributed by atoms with E-state index in [9.17, 15) is 4.79 Å². The molecule has 1 aromatic carbocycles. The zero-order valence-corrected chi connectivity index (χ0v) is 11.9. The van der Waals surface area contributed by atoms with E-state index >= 15 is 0 Å². The highest BCUT2D eigenvalue weighted by atomic mass is 35.5. The molecule has 1 saturated heterocycles. The van der Waals surface area contributed by atoms with Crippen molar-refractivity contribution >= 4 is 18.3 Å². The van der Waals surface area contributed by atoms with Crippen LogP contribution in [0.2, 0.25) is 0 Å². The number of likely N-dealkylation sites (tertiary alicyclic amines) is 1. The smallest absolute Gasteiger partial charge is 0.270 e. The molecular formula is C15H18ClN3O. The van der Waals surface area contributed by atoms with Gasteiger partial charge in [0.1, 0.15) is 5.69 Å². The molecule has 1 amide bonds. The first-order valence-corrected chi connectivity index (χ1v) is 6.53. The van der Waals surface area contributed by atoms with Gasteiger partial charge in [0.25, 0.3) is 5.91 Å². The van der Waals surface area contributed by atoms with E-state index in [4.69, 9.17) is 5.73 Å². The zero-order chi connectivity index (χ0) is 13.2. The Hall–Kier alpha value is -1.78. The monoisotopic (exact) mass is 291 g/mol. The number of hydrogen-bond donors (Lipinski definition) is 2. The number of benzene rings is 1. The highest BCUT2D eigenvalue weighted by Gasteiger charge is 2.25. The first-order valence-electron chi connectivity index (χ1n) is 6.53. The minimum atomic E-state index is 0. The Labute approximate surface area is 124 Å². The second kappa shape index (κ2) is 6.11. The average Bonchev–Trinajstić information content (AvgIpc) is 3.08. The Kier molecular flexibility index (Phi) is 4.47. The van der Waals surface area contributed by atoms with E-state index in [0.29, 0.717) is 12.2 Å². The average molecular weight is 292 g/mol. The molecule has 4 nitrogen and oxygen atoms in total. The Balaban J connectivity index is 0.00000147. The third kappa shape index (κ3) is 2.86. The van der Waals surface area contributed by atoms with Crippen LogP contribution >= 0.6 is 12.4 Å². The summed E-state index contributed by atoms with van der Waals surface area (Å²) in [6.07, 6.45) is 0.887. The van der Waals surface area contributed by atoms with Gasteiger partial charge in [-0.3, -0.25) is 4.79 Å². The molecule has 0 saturated carbocycles. The lowest BCUT2D eigenvalue weighted by Crippen LogP contribution is -2.32. The number of nitrogens with one attached hydrogen (secondary N) is 1. The molecule has 0 spiro atoms. The molecule has 2 aromatic rings. The number of rotatable bonds is 2. The van der Waals surface area contributed by atoms with E-state index in [-0.39, 0.29) is 24.4 Å². The molecule has 106 valence electrons.